The van der Waals surface area contributed by atoms with Gasteiger partial charge in [-0.15, -0.1) is 0 Å². The van der Waals surface area contributed by atoms with Crippen molar-refractivity contribution < 1.29 is 19.2 Å². The van der Waals surface area contributed by atoms with E-state index in [0.29, 0.717) is 41.9 Å². The number of halogens is 1. The topological polar surface area (TPSA) is 146 Å². The van der Waals surface area contributed by atoms with Crippen LogP contribution in [0.4, 0.5) is 28.8 Å². The fourth-order valence-corrected chi connectivity index (χ4v) is 6.43. The Labute approximate surface area is 263 Å². The van der Waals surface area contributed by atoms with Gasteiger partial charge >= 0.3 is 0 Å². The van der Waals surface area contributed by atoms with Crippen LogP contribution in [0.5, 0.6) is 0 Å². The lowest BCUT2D eigenvalue weighted by molar-refractivity contribution is -0.134. The summed E-state index contributed by atoms with van der Waals surface area (Å²) >= 11 is 6.46. The summed E-state index contributed by atoms with van der Waals surface area (Å²) in [6, 6.07) is 11.2. The number of nitrogens with zero attached hydrogens (tertiary/aromatic N) is 7. The molecule has 2 atom stereocenters. The molecule has 3 aliphatic rings. The van der Waals surface area contributed by atoms with Gasteiger partial charge in [0.05, 0.1) is 29.7 Å². The number of imide groups is 1. The van der Waals surface area contributed by atoms with Gasteiger partial charge in [-0.1, -0.05) is 11.6 Å². The third kappa shape index (κ3) is 5.02. The highest BCUT2D eigenvalue weighted by molar-refractivity contribution is 6.33. The lowest BCUT2D eigenvalue weighted by atomic mass is 9.93. The van der Waals surface area contributed by atoms with Crippen LogP contribution < -0.4 is 25.3 Å². The van der Waals surface area contributed by atoms with Gasteiger partial charge in [0.15, 0.2) is 5.82 Å². The molecule has 45 heavy (non-hydrogen) atoms. The number of aromatic nitrogens is 4. The number of piperidine rings is 1. The molecule has 2 aromatic heterocycles. The summed E-state index contributed by atoms with van der Waals surface area (Å²) in [5, 5.41) is 11.4. The van der Waals surface area contributed by atoms with Crippen LogP contribution in [0.2, 0.25) is 5.02 Å². The second-order valence-electron chi connectivity index (χ2n) is 11.7. The zero-order chi connectivity index (χ0) is 31.6. The van der Waals surface area contributed by atoms with Crippen molar-refractivity contribution in [2.24, 2.45) is 7.05 Å². The number of rotatable bonds is 5. The standard InChI is InChI=1S/C31H30ClN9O4/c1-16-14-41(19-5-6-20-24(12-19)39(3)37-28(20)21-7-9-25(42)35-30(21)45)27(44)15-40(16)31-33-13-22(32)29(36-31)34-18-4-8-23-17(10-18)11-26(43)38(23)2/h4-6,8,10,12-13,16,21H,7,9,11,14-15H2,1-3H3,(H,33,34,36)(H,35,42,45). The number of aryl methyl sites for hydroxylation is 1. The van der Waals surface area contributed by atoms with Crippen LogP contribution in [0.3, 0.4) is 0 Å². The summed E-state index contributed by atoms with van der Waals surface area (Å²) in [6.07, 6.45) is 2.53. The molecule has 2 fully saturated rings. The molecule has 4 aromatic rings. The van der Waals surface area contributed by atoms with Crippen LogP contribution in [0.25, 0.3) is 10.9 Å². The zero-order valence-electron chi connectivity index (χ0n) is 24.9. The molecule has 2 N–H and O–H groups in total. The Hall–Kier alpha value is -5.04. The molecule has 0 radical (unpaired) electrons. The normalized spacial score (nSPS) is 20.2. The maximum atomic E-state index is 13.5. The monoisotopic (exact) mass is 627 g/mol. The van der Waals surface area contributed by atoms with Gasteiger partial charge in [-0.05, 0) is 55.3 Å². The third-order valence-corrected chi connectivity index (χ3v) is 9.01. The molecule has 0 saturated carbocycles. The molecule has 0 aliphatic carbocycles. The van der Waals surface area contributed by atoms with E-state index in [2.05, 4.69) is 25.7 Å². The molecule has 3 aliphatic heterocycles. The molecule has 2 unspecified atom stereocenters. The summed E-state index contributed by atoms with van der Waals surface area (Å²) in [7, 11) is 3.56. The summed E-state index contributed by atoms with van der Waals surface area (Å²) in [4.78, 5) is 64.1. The molecular weight excluding hydrogens is 598 g/mol. The number of carbonyl (C=O) groups excluding carboxylic acids is 4. The Kier molecular flexibility index (Phi) is 6.92. The van der Waals surface area contributed by atoms with E-state index in [1.165, 1.54) is 6.20 Å². The molecule has 2 saturated heterocycles. The molecule has 7 rings (SSSR count). The number of fused-ring (bicyclic) bond motifs is 2. The van der Waals surface area contributed by atoms with E-state index < -0.39 is 5.92 Å². The van der Waals surface area contributed by atoms with E-state index in [-0.39, 0.29) is 42.6 Å². The van der Waals surface area contributed by atoms with E-state index in [1.54, 1.807) is 28.6 Å². The molecule has 5 heterocycles. The first kappa shape index (κ1) is 28.7. The van der Waals surface area contributed by atoms with E-state index in [1.807, 2.05) is 48.2 Å². The first-order chi connectivity index (χ1) is 21.6. The van der Waals surface area contributed by atoms with Gasteiger partial charge in [0.25, 0.3) is 0 Å². The Balaban J connectivity index is 1.10. The maximum Gasteiger partial charge on any atom is 0.246 e. The van der Waals surface area contributed by atoms with Crippen LogP contribution in [-0.2, 0) is 32.6 Å². The molecule has 2 aromatic carbocycles. The van der Waals surface area contributed by atoms with Gasteiger partial charge in [0, 0.05) is 55.6 Å². The van der Waals surface area contributed by atoms with Crippen LogP contribution in [-0.4, -0.2) is 69.6 Å². The maximum absolute atomic E-state index is 13.5. The van der Waals surface area contributed by atoms with E-state index in [9.17, 15) is 19.2 Å². The highest BCUT2D eigenvalue weighted by atomic mass is 35.5. The summed E-state index contributed by atoms with van der Waals surface area (Å²) in [6.45, 7) is 2.45. The van der Waals surface area contributed by atoms with Crippen molar-refractivity contribution >= 4 is 75.0 Å². The Bertz CT molecular complexity index is 1920. The van der Waals surface area contributed by atoms with Crippen molar-refractivity contribution in [1.29, 1.82) is 0 Å². The van der Waals surface area contributed by atoms with Gasteiger partial charge in [0.1, 0.15) is 11.6 Å². The van der Waals surface area contributed by atoms with Crippen molar-refractivity contribution in [2.45, 2.75) is 38.1 Å². The van der Waals surface area contributed by atoms with E-state index in [0.717, 1.165) is 33.5 Å². The van der Waals surface area contributed by atoms with Crippen LogP contribution >= 0.6 is 11.6 Å². The van der Waals surface area contributed by atoms with Gasteiger partial charge < -0.3 is 20.0 Å². The predicted molar refractivity (Wildman–Crippen MR) is 169 cm³/mol. The molecule has 0 bridgehead atoms. The minimum Gasteiger partial charge on any atom is -0.339 e. The zero-order valence-corrected chi connectivity index (χ0v) is 25.6. The fraction of sp³-hybridized carbons (Fsp3) is 0.323. The van der Waals surface area contributed by atoms with Gasteiger partial charge in [-0.3, -0.25) is 29.2 Å². The van der Waals surface area contributed by atoms with Crippen molar-refractivity contribution in [1.82, 2.24) is 25.1 Å². The van der Waals surface area contributed by atoms with E-state index in [4.69, 9.17) is 11.6 Å². The van der Waals surface area contributed by atoms with Crippen LogP contribution in [0, 0.1) is 0 Å². The number of likely N-dealkylation sites (N-methyl/N-ethyl adjacent to an activating group) is 1. The number of benzene rings is 2. The molecule has 13 nitrogen and oxygen atoms in total. The van der Waals surface area contributed by atoms with Gasteiger partial charge in [-0.25, -0.2) is 4.98 Å². The second-order valence-corrected chi connectivity index (χ2v) is 12.1. The molecule has 14 heteroatoms. The minimum absolute atomic E-state index is 0.0412. The van der Waals surface area contributed by atoms with Crippen molar-refractivity contribution in [3.05, 3.63) is 58.9 Å². The lowest BCUT2D eigenvalue weighted by Gasteiger charge is -2.39. The smallest absolute Gasteiger partial charge is 0.246 e. The Morgan fingerprint density at radius 1 is 1.04 bits per heavy atom. The first-order valence-corrected chi connectivity index (χ1v) is 15.0. The number of hydrogen-bond donors (Lipinski definition) is 2. The number of anilines is 5. The van der Waals surface area contributed by atoms with Crippen molar-refractivity contribution in [2.75, 3.05) is 40.2 Å². The quantitative estimate of drug-likeness (QED) is 0.319. The number of amides is 4. The lowest BCUT2D eigenvalue weighted by Crippen LogP contribution is -2.56. The average molecular weight is 628 g/mol. The molecule has 4 amide bonds. The number of nitrogens with one attached hydrogen (secondary N) is 2. The number of carbonyl (C=O) groups is 4. The van der Waals surface area contributed by atoms with Crippen molar-refractivity contribution in [3.63, 3.8) is 0 Å². The summed E-state index contributed by atoms with van der Waals surface area (Å²) in [5.74, 6) is -0.429. The highest BCUT2D eigenvalue weighted by Crippen LogP contribution is 2.35. The van der Waals surface area contributed by atoms with Gasteiger partial charge in [-0.2, -0.15) is 10.1 Å². The van der Waals surface area contributed by atoms with Crippen LogP contribution in [0.15, 0.2) is 42.6 Å². The summed E-state index contributed by atoms with van der Waals surface area (Å²) < 4.78 is 1.70. The first-order valence-electron chi connectivity index (χ1n) is 14.6. The highest BCUT2D eigenvalue weighted by Gasteiger charge is 2.34. The average Bonchev–Trinajstić information content (AvgIpc) is 3.49. The number of hydrogen-bond acceptors (Lipinski definition) is 9. The summed E-state index contributed by atoms with van der Waals surface area (Å²) in [5.41, 5.74) is 4.67. The molecule has 230 valence electrons. The van der Waals surface area contributed by atoms with Gasteiger partial charge in [0.2, 0.25) is 29.6 Å². The fourth-order valence-electron chi connectivity index (χ4n) is 6.29. The van der Waals surface area contributed by atoms with E-state index >= 15 is 0 Å². The molecule has 0 spiro atoms. The largest absolute Gasteiger partial charge is 0.339 e. The SMILES string of the molecule is CC1CN(c2ccc3c(C4CCC(=O)NC4=O)nn(C)c3c2)C(=O)CN1c1ncc(Cl)c(Nc2ccc3c(c2)CC(=O)N3C)n1. The van der Waals surface area contributed by atoms with Crippen molar-refractivity contribution in [3.8, 4) is 0 Å². The third-order valence-electron chi connectivity index (χ3n) is 8.74. The second kappa shape index (κ2) is 10.8. The minimum atomic E-state index is -0.505. The Morgan fingerprint density at radius 3 is 2.67 bits per heavy atom. The Morgan fingerprint density at radius 2 is 1.87 bits per heavy atom. The predicted octanol–water partition coefficient (Wildman–Crippen LogP) is 3.04. The molecular formula is C31H30ClN9O4. The van der Waals surface area contributed by atoms with Crippen LogP contribution in [0.1, 0.15) is 36.9 Å². The number of piperazine rings is 1.